The number of rotatable bonds is 1. The molecule has 0 aliphatic heterocycles. The molecule has 0 aliphatic carbocycles. The molecule has 0 amide bonds. The molecule has 0 aromatic carbocycles. The average molecular weight is 163 g/mol. The van der Waals surface area contributed by atoms with Crippen LogP contribution in [-0.4, -0.2) is 34.0 Å². The third-order valence-electron chi connectivity index (χ3n) is 1.56. The van der Waals surface area contributed by atoms with Crippen molar-refractivity contribution in [2.75, 3.05) is 19.0 Å². The molecule has 5 nitrogen and oxygen atoms in total. The number of anilines is 1. The Labute approximate surface area is 69.5 Å². The van der Waals surface area contributed by atoms with E-state index in [0.717, 1.165) is 11.2 Å². The van der Waals surface area contributed by atoms with Crippen molar-refractivity contribution in [2.45, 2.75) is 0 Å². The number of imidazole rings is 1. The predicted molar refractivity (Wildman–Crippen MR) is 46.0 cm³/mol. The Kier molecular flexibility index (Phi) is 1.43. The second-order valence-electron chi connectivity index (χ2n) is 2.70. The minimum absolute atomic E-state index is 0.687. The van der Waals surface area contributed by atoms with Gasteiger partial charge in [0.05, 0.1) is 12.5 Å². The zero-order chi connectivity index (χ0) is 8.55. The highest BCUT2D eigenvalue weighted by molar-refractivity contribution is 5.69. The number of hydrogen-bond acceptors (Lipinski definition) is 4. The van der Waals surface area contributed by atoms with Crippen molar-refractivity contribution in [3.63, 3.8) is 0 Å². The monoisotopic (exact) mass is 163 g/mol. The van der Waals surface area contributed by atoms with Gasteiger partial charge in [-0.25, -0.2) is 9.97 Å². The molecule has 12 heavy (non-hydrogen) atoms. The van der Waals surface area contributed by atoms with Crippen LogP contribution in [0.2, 0.25) is 0 Å². The first-order valence-electron chi connectivity index (χ1n) is 3.61. The average Bonchev–Trinajstić information content (AvgIpc) is 2.49. The molecular formula is C7H9N5. The normalized spacial score (nSPS) is 10.5. The minimum Gasteiger partial charge on any atom is -0.347 e. The van der Waals surface area contributed by atoms with Gasteiger partial charge in [0, 0.05) is 14.1 Å². The Balaban J connectivity index is 2.60. The molecule has 0 atom stereocenters. The van der Waals surface area contributed by atoms with Crippen LogP contribution in [0.15, 0.2) is 12.5 Å². The highest BCUT2D eigenvalue weighted by Crippen LogP contribution is 2.08. The Bertz CT molecular complexity index is 391. The Morgan fingerprint density at radius 3 is 2.92 bits per heavy atom. The zero-order valence-electron chi connectivity index (χ0n) is 6.94. The lowest BCUT2D eigenvalue weighted by Crippen LogP contribution is -2.12. The summed E-state index contributed by atoms with van der Waals surface area (Å²) in [7, 11) is 3.80. The summed E-state index contributed by atoms with van der Waals surface area (Å²) in [4.78, 5) is 17.1. The Morgan fingerprint density at radius 1 is 1.33 bits per heavy atom. The standard InChI is InChI=1S/C7H9N5/c1-12(2)7-8-3-5-6(11-7)10-4-9-5/h3-4H,1-2H3,(H,8,9,10,11). The fraction of sp³-hybridized carbons (Fsp3) is 0.286. The molecule has 5 heteroatoms. The van der Waals surface area contributed by atoms with Gasteiger partial charge in [0.1, 0.15) is 5.52 Å². The van der Waals surface area contributed by atoms with Crippen LogP contribution < -0.4 is 4.90 Å². The van der Waals surface area contributed by atoms with E-state index in [1.54, 1.807) is 12.5 Å². The SMILES string of the molecule is CN(C)c1ncc2nc[nH]c2n1. The molecule has 0 saturated carbocycles. The largest absolute Gasteiger partial charge is 0.347 e. The number of nitrogens with one attached hydrogen (secondary N) is 1. The fourth-order valence-electron chi connectivity index (χ4n) is 0.945. The van der Waals surface area contributed by atoms with Gasteiger partial charge >= 0.3 is 0 Å². The third kappa shape index (κ3) is 0.990. The molecule has 0 saturated heterocycles. The van der Waals surface area contributed by atoms with Crippen LogP contribution in [0, 0.1) is 0 Å². The molecule has 2 heterocycles. The van der Waals surface area contributed by atoms with Crippen molar-refractivity contribution in [2.24, 2.45) is 0 Å². The van der Waals surface area contributed by atoms with Crippen LogP contribution in [0.1, 0.15) is 0 Å². The lowest BCUT2D eigenvalue weighted by Gasteiger charge is -2.07. The molecule has 2 aromatic heterocycles. The van der Waals surface area contributed by atoms with Crippen LogP contribution in [-0.2, 0) is 0 Å². The molecule has 1 N–H and O–H groups in total. The van der Waals surface area contributed by atoms with Crippen molar-refractivity contribution in [1.82, 2.24) is 19.9 Å². The van der Waals surface area contributed by atoms with Gasteiger partial charge in [-0.3, -0.25) is 0 Å². The van der Waals surface area contributed by atoms with Gasteiger partial charge < -0.3 is 9.88 Å². The van der Waals surface area contributed by atoms with E-state index in [9.17, 15) is 0 Å². The zero-order valence-corrected chi connectivity index (χ0v) is 6.94. The summed E-state index contributed by atoms with van der Waals surface area (Å²) >= 11 is 0. The first kappa shape index (κ1) is 7.02. The summed E-state index contributed by atoms with van der Waals surface area (Å²) in [5.74, 6) is 0.687. The van der Waals surface area contributed by atoms with Crippen molar-refractivity contribution < 1.29 is 0 Å². The molecular weight excluding hydrogens is 154 g/mol. The molecule has 0 radical (unpaired) electrons. The van der Waals surface area contributed by atoms with Gasteiger partial charge in [-0.15, -0.1) is 0 Å². The van der Waals surface area contributed by atoms with Gasteiger partial charge in [-0.05, 0) is 0 Å². The van der Waals surface area contributed by atoms with Crippen LogP contribution in [0.4, 0.5) is 5.95 Å². The first-order valence-corrected chi connectivity index (χ1v) is 3.61. The quantitative estimate of drug-likeness (QED) is 0.661. The minimum atomic E-state index is 0.687. The van der Waals surface area contributed by atoms with Gasteiger partial charge in [0.25, 0.3) is 0 Å². The predicted octanol–water partition coefficient (Wildman–Crippen LogP) is 0.419. The molecule has 0 unspecified atom stereocenters. The summed E-state index contributed by atoms with van der Waals surface area (Å²) < 4.78 is 0. The maximum Gasteiger partial charge on any atom is 0.226 e. The van der Waals surface area contributed by atoms with E-state index >= 15 is 0 Å². The Morgan fingerprint density at radius 2 is 2.17 bits per heavy atom. The van der Waals surface area contributed by atoms with Crippen molar-refractivity contribution >= 4 is 17.1 Å². The Hall–Kier alpha value is -1.65. The number of fused-ring (bicyclic) bond motifs is 1. The first-order chi connectivity index (χ1) is 5.77. The number of aromatic amines is 1. The van der Waals surface area contributed by atoms with Gasteiger partial charge in [0.2, 0.25) is 5.95 Å². The van der Waals surface area contributed by atoms with Crippen LogP contribution in [0.25, 0.3) is 11.2 Å². The number of nitrogens with zero attached hydrogens (tertiary/aromatic N) is 4. The van der Waals surface area contributed by atoms with Crippen molar-refractivity contribution in [1.29, 1.82) is 0 Å². The lowest BCUT2D eigenvalue weighted by molar-refractivity contribution is 1.01. The second kappa shape index (κ2) is 2.44. The van der Waals surface area contributed by atoms with Gasteiger partial charge in [-0.2, -0.15) is 4.98 Å². The summed E-state index contributed by atoms with van der Waals surface area (Å²) in [5, 5.41) is 0. The fourth-order valence-corrected chi connectivity index (χ4v) is 0.945. The summed E-state index contributed by atoms with van der Waals surface area (Å²) in [6.07, 6.45) is 3.31. The van der Waals surface area contributed by atoms with Crippen molar-refractivity contribution in [3.8, 4) is 0 Å². The van der Waals surface area contributed by atoms with E-state index in [1.807, 2.05) is 19.0 Å². The van der Waals surface area contributed by atoms with E-state index in [4.69, 9.17) is 0 Å². The summed E-state index contributed by atoms with van der Waals surface area (Å²) in [6.45, 7) is 0. The van der Waals surface area contributed by atoms with Gasteiger partial charge in [0.15, 0.2) is 5.65 Å². The molecule has 2 aromatic rings. The number of H-pyrrole nitrogens is 1. The molecule has 0 spiro atoms. The number of aromatic nitrogens is 4. The van der Waals surface area contributed by atoms with E-state index in [0.29, 0.717) is 5.95 Å². The molecule has 0 aliphatic rings. The maximum absolute atomic E-state index is 4.23. The molecule has 62 valence electrons. The van der Waals surface area contributed by atoms with E-state index < -0.39 is 0 Å². The van der Waals surface area contributed by atoms with E-state index in [2.05, 4.69) is 19.9 Å². The van der Waals surface area contributed by atoms with Gasteiger partial charge in [-0.1, -0.05) is 0 Å². The smallest absolute Gasteiger partial charge is 0.226 e. The highest BCUT2D eigenvalue weighted by Gasteiger charge is 2.01. The highest BCUT2D eigenvalue weighted by atomic mass is 15.2. The summed E-state index contributed by atoms with van der Waals surface area (Å²) in [6, 6.07) is 0. The van der Waals surface area contributed by atoms with E-state index in [-0.39, 0.29) is 0 Å². The van der Waals surface area contributed by atoms with Crippen molar-refractivity contribution in [3.05, 3.63) is 12.5 Å². The summed E-state index contributed by atoms with van der Waals surface area (Å²) in [5.41, 5.74) is 1.56. The third-order valence-corrected chi connectivity index (χ3v) is 1.56. The molecule has 2 rings (SSSR count). The lowest BCUT2D eigenvalue weighted by atomic mass is 10.5. The second-order valence-corrected chi connectivity index (χ2v) is 2.70. The van der Waals surface area contributed by atoms with E-state index in [1.165, 1.54) is 0 Å². The molecule has 0 fully saturated rings. The van der Waals surface area contributed by atoms with Crippen LogP contribution in [0.3, 0.4) is 0 Å². The number of hydrogen-bond donors (Lipinski definition) is 1. The topological polar surface area (TPSA) is 57.7 Å². The van der Waals surface area contributed by atoms with Crippen LogP contribution in [0.5, 0.6) is 0 Å². The maximum atomic E-state index is 4.23. The van der Waals surface area contributed by atoms with Crippen LogP contribution >= 0.6 is 0 Å². The molecule has 0 bridgehead atoms.